The van der Waals surface area contributed by atoms with E-state index in [0.29, 0.717) is 0 Å². The summed E-state index contributed by atoms with van der Waals surface area (Å²) in [6.45, 7) is 6.51. The molecule has 1 aliphatic rings. The van der Waals surface area contributed by atoms with Crippen LogP contribution in [0.15, 0.2) is 18.2 Å². The Bertz CT molecular complexity index is 277. The molecule has 0 unspecified atom stereocenters. The zero-order valence-electron chi connectivity index (χ0n) is 8.01. The van der Waals surface area contributed by atoms with Gasteiger partial charge in [0, 0.05) is 37.9 Å². The first-order chi connectivity index (χ1) is 6.38. The van der Waals surface area contributed by atoms with Gasteiger partial charge in [0.15, 0.2) is 0 Å². The van der Waals surface area contributed by atoms with Gasteiger partial charge in [-0.2, -0.15) is 0 Å². The summed E-state index contributed by atoms with van der Waals surface area (Å²) in [6, 6.07) is 9.48. The number of hydrogen-bond acceptors (Lipinski definition) is 2. The van der Waals surface area contributed by atoms with Crippen LogP contribution in [-0.4, -0.2) is 26.2 Å². The van der Waals surface area contributed by atoms with Crippen LogP contribution in [0.2, 0.25) is 0 Å². The molecule has 69 valence electrons. The fourth-order valence-corrected chi connectivity index (χ4v) is 1.74. The maximum absolute atomic E-state index is 3.35. The molecule has 1 fully saturated rings. The van der Waals surface area contributed by atoms with E-state index in [4.69, 9.17) is 0 Å². The van der Waals surface area contributed by atoms with E-state index in [2.05, 4.69) is 29.3 Å². The molecule has 1 aromatic carbocycles. The number of anilines is 1. The van der Waals surface area contributed by atoms with Crippen molar-refractivity contribution in [2.75, 3.05) is 31.1 Å². The number of rotatable bonds is 1. The summed E-state index contributed by atoms with van der Waals surface area (Å²) in [7, 11) is 0. The van der Waals surface area contributed by atoms with E-state index in [9.17, 15) is 0 Å². The molecule has 1 heterocycles. The van der Waals surface area contributed by atoms with E-state index >= 15 is 0 Å². The normalized spacial score (nSPS) is 17.5. The van der Waals surface area contributed by atoms with Gasteiger partial charge in [-0.25, -0.2) is 0 Å². The molecule has 0 aromatic heterocycles. The third-order valence-electron chi connectivity index (χ3n) is 2.47. The van der Waals surface area contributed by atoms with E-state index in [0.717, 1.165) is 26.2 Å². The molecule has 0 saturated carbocycles. The average Bonchev–Trinajstić information content (AvgIpc) is 2.20. The topological polar surface area (TPSA) is 15.3 Å². The van der Waals surface area contributed by atoms with Crippen molar-refractivity contribution < 1.29 is 0 Å². The van der Waals surface area contributed by atoms with Crippen LogP contribution in [0.1, 0.15) is 5.56 Å². The number of hydrogen-bond donors (Lipinski definition) is 1. The maximum atomic E-state index is 3.35. The number of nitrogens with zero attached hydrogens (tertiary/aromatic N) is 1. The molecule has 1 saturated heterocycles. The van der Waals surface area contributed by atoms with Crippen LogP contribution < -0.4 is 10.2 Å². The Morgan fingerprint density at radius 1 is 1.38 bits per heavy atom. The quantitative estimate of drug-likeness (QED) is 0.690. The molecule has 2 nitrogen and oxygen atoms in total. The number of benzene rings is 1. The highest BCUT2D eigenvalue weighted by Gasteiger charge is 2.11. The molecule has 13 heavy (non-hydrogen) atoms. The molecule has 1 aromatic rings. The largest absolute Gasteiger partial charge is 0.368 e. The second kappa shape index (κ2) is 3.79. The highest BCUT2D eigenvalue weighted by atomic mass is 15.2. The van der Waals surface area contributed by atoms with Crippen LogP contribution >= 0.6 is 0 Å². The molecule has 0 aliphatic carbocycles. The van der Waals surface area contributed by atoms with E-state index in [1.165, 1.54) is 11.3 Å². The lowest BCUT2D eigenvalue weighted by molar-refractivity contribution is 0.588. The van der Waals surface area contributed by atoms with Gasteiger partial charge < -0.3 is 10.2 Å². The van der Waals surface area contributed by atoms with Crippen molar-refractivity contribution in [3.05, 3.63) is 29.8 Å². The van der Waals surface area contributed by atoms with Crippen LogP contribution in [0.4, 0.5) is 5.69 Å². The molecule has 2 rings (SSSR count). The summed E-state index contributed by atoms with van der Waals surface area (Å²) in [6.07, 6.45) is 0. The number of aryl methyl sites for hydroxylation is 1. The third-order valence-corrected chi connectivity index (χ3v) is 2.47. The van der Waals surface area contributed by atoms with Crippen molar-refractivity contribution in [1.82, 2.24) is 5.32 Å². The van der Waals surface area contributed by atoms with E-state index < -0.39 is 0 Å². The van der Waals surface area contributed by atoms with Crippen molar-refractivity contribution in [3.8, 4) is 0 Å². The van der Waals surface area contributed by atoms with Crippen LogP contribution in [-0.2, 0) is 0 Å². The Kier molecular flexibility index (Phi) is 2.50. The molecular weight excluding hydrogens is 160 g/mol. The standard InChI is InChI=1S/C11H15N2/c1-10-4-2-3-5-11(10)13-8-6-12-7-9-13/h2-4,12H,6-9H2,1H3. The first-order valence-electron chi connectivity index (χ1n) is 4.81. The molecule has 1 radical (unpaired) electrons. The lowest BCUT2D eigenvalue weighted by Crippen LogP contribution is -2.43. The smallest absolute Gasteiger partial charge is 0.0477 e. The van der Waals surface area contributed by atoms with Gasteiger partial charge in [-0.3, -0.25) is 0 Å². The summed E-state index contributed by atoms with van der Waals surface area (Å²) in [5, 5.41) is 3.35. The minimum atomic E-state index is 1.09. The SMILES string of the molecule is Cc1ccc[c]c1N1CCNCC1. The highest BCUT2D eigenvalue weighted by Crippen LogP contribution is 2.18. The average molecular weight is 175 g/mol. The Balaban J connectivity index is 2.18. The minimum Gasteiger partial charge on any atom is -0.368 e. The Morgan fingerprint density at radius 2 is 2.15 bits per heavy atom. The van der Waals surface area contributed by atoms with Gasteiger partial charge in [-0.05, 0) is 12.5 Å². The van der Waals surface area contributed by atoms with Crippen LogP contribution in [0.5, 0.6) is 0 Å². The number of para-hydroxylation sites is 1. The fraction of sp³-hybridized carbons (Fsp3) is 0.455. The second-order valence-electron chi connectivity index (χ2n) is 3.44. The predicted molar refractivity (Wildman–Crippen MR) is 55.1 cm³/mol. The zero-order chi connectivity index (χ0) is 9.10. The third kappa shape index (κ3) is 1.83. The molecule has 0 amide bonds. The Labute approximate surface area is 79.6 Å². The van der Waals surface area contributed by atoms with E-state index in [1.807, 2.05) is 12.1 Å². The molecule has 0 bridgehead atoms. The number of nitrogens with one attached hydrogen (secondary N) is 1. The van der Waals surface area contributed by atoms with Gasteiger partial charge in [0.2, 0.25) is 0 Å². The van der Waals surface area contributed by atoms with Crippen molar-refractivity contribution >= 4 is 5.69 Å². The lowest BCUT2D eigenvalue weighted by atomic mass is 10.1. The highest BCUT2D eigenvalue weighted by molar-refractivity contribution is 5.52. The first kappa shape index (κ1) is 8.57. The summed E-state index contributed by atoms with van der Waals surface area (Å²) in [5.74, 6) is 0. The van der Waals surface area contributed by atoms with Crippen molar-refractivity contribution in [3.63, 3.8) is 0 Å². The van der Waals surface area contributed by atoms with Crippen LogP contribution in [0.25, 0.3) is 0 Å². The van der Waals surface area contributed by atoms with Crippen LogP contribution in [0, 0.1) is 13.0 Å². The lowest BCUT2D eigenvalue weighted by Gasteiger charge is -2.30. The zero-order valence-corrected chi connectivity index (χ0v) is 8.01. The fourth-order valence-electron chi connectivity index (χ4n) is 1.74. The predicted octanol–water partition coefficient (Wildman–Crippen LogP) is 1.20. The molecule has 2 heteroatoms. The van der Waals surface area contributed by atoms with E-state index in [1.54, 1.807) is 0 Å². The van der Waals surface area contributed by atoms with Crippen molar-refractivity contribution in [2.24, 2.45) is 0 Å². The summed E-state index contributed by atoms with van der Waals surface area (Å²) in [5.41, 5.74) is 2.59. The summed E-state index contributed by atoms with van der Waals surface area (Å²) in [4.78, 5) is 2.39. The first-order valence-corrected chi connectivity index (χ1v) is 4.81. The van der Waals surface area contributed by atoms with Crippen LogP contribution in [0.3, 0.4) is 0 Å². The maximum Gasteiger partial charge on any atom is 0.0477 e. The monoisotopic (exact) mass is 175 g/mol. The summed E-state index contributed by atoms with van der Waals surface area (Å²) >= 11 is 0. The van der Waals surface area contributed by atoms with Gasteiger partial charge in [-0.1, -0.05) is 18.2 Å². The number of piperazine rings is 1. The van der Waals surface area contributed by atoms with E-state index in [-0.39, 0.29) is 0 Å². The van der Waals surface area contributed by atoms with Crippen molar-refractivity contribution in [2.45, 2.75) is 6.92 Å². The molecule has 0 atom stereocenters. The molecule has 1 aliphatic heterocycles. The summed E-state index contributed by atoms with van der Waals surface area (Å²) < 4.78 is 0. The van der Waals surface area contributed by atoms with Gasteiger partial charge >= 0.3 is 0 Å². The Morgan fingerprint density at radius 3 is 2.85 bits per heavy atom. The van der Waals surface area contributed by atoms with Crippen molar-refractivity contribution in [1.29, 1.82) is 0 Å². The molecule has 1 N–H and O–H groups in total. The van der Waals surface area contributed by atoms with Gasteiger partial charge in [0.25, 0.3) is 0 Å². The molecule has 0 spiro atoms. The molecular formula is C11H15N2. The Hall–Kier alpha value is -1.02. The second-order valence-corrected chi connectivity index (χ2v) is 3.44. The van der Waals surface area contributed by atoms with Gasteiger partial charge in [-0.15, -0.1) is 0 Å². The van der Waals surface area contributed by atoms with Gasteiger partial charge in [0.05, 0.1) is 0 Å². The van der Waals surface area contributed by atoms with Gasteiger partial charge in [0.1, 0.15) is 0 Å². The minimum absolute atomic E-state index is 1.09.